The second-order valence-electron chi connectivity index (χ2n) is 12.1. The molecule has 7 rings (SSSR count). The first-order chi connectivity index (χ1) is 20.0. The van der Waals surface area contributed by atoms with E-state index in [0.29, 0.717) is 36.0 Å². The van der Waals surface area contributed by atoms with Crippen molar-refractivity contribution in [3.05, 3.63) is 42.0 Å². The Morgan fingerprint density at radius 2 is 1.83 bits per heavy atom. The van der Waals surface area contributed by atoms with Crippen molar-refractivity contribution < 1.29 is 22.3 Å². The maximum atomic E-state index is 15.7. The van der Waals surface area contributed by atoms with Crippen LogP contribution >= 0.6 is 0 Å². The molecule has 0 bridgehead atoms. The topological polar surface area (TPSA) is 111 Å². The van der Waals surface area contributed by atoms with Crippen molar-refractivity contribution in [2.24, 2.45) is 0 Å². The van der Waals surface area contributed by atoms with Crippen LogP contribution in [0.2, 0.25) is 0 Å². The van der Waals surface area contributed by atoms with Gasteiger partial charge in [-0.3, -0.25) is 14.5 Å². The van der Waals surface area contributed by atoms with E-state index in [2.05, 4.69) is 19.6 Å². The van der Waals surface area contributed by atoms with Crippen molar-refractivity contribution in [2.75, 3.05) is 69.0 Å². The highest BCUT2D eigenvalue weighted by Gasteiger charge is 2.54. The molecule has 2 saturated heterocycles. The van der Waals surface area contributed by atoms with Gasteiger partial charge in [0.1, 0.15) is 5.82 Å². The number of carbonyl (C=O) groups is 1. The minimum Gasteiger partial charge on any atom is -0.379 e. The van der Waals surface area contributed by atoms with Crippen LogP contribution in [0.5, 0.6) is 0 Å². The third-order valence-electron chi connectivity index (χ3n) is 9.49. The van der Waals surface area contributed by atoms with Gasteiger partial charge in [-0.2, -0.15) is 12.7 Å². The van der Waals surface area contributed by atoms with Crippen LogP contribution in [0.25, 0.3) is 22.0 Å². The Hall–Kier alpha value is -3.39. The number of nitrogens with zero attached hydrogens (tertiary/aromatic N) is 6. The molecule has 5 heterocycles. The molecule has 222 valence electrons. The molecular formula is C29H34FN7O4S. The normalized spacial score (nSPS) is 20.7. The molecule has 2 aromatic heterocycles. The van der Waals surface area contributed by atoms with Crippen LogP contribution in [-0.2, 0) is 25.2 Å². The van der Waals surface area contributed by atoms with Crippen LogP contribution in [0.3, 0.4) is 0 Å². The van der Waals surface area contributed by atoms with Gasteiger partial charge < -0.3 is 19.4 Å². The van der Waals surface area contributed by atoms with Crippen LogP contribution in [-0.4, -0.2) is 100 Å². The van der Waals surface area contributed by atoms with E-state index in [1.807, 2.05) is 19.0 Å². The molecule has 1 aromatic carbocycles. The summed E-state index contributed by atoms with van der Waals surface area (Å²) < 4.78 is 51.5. The summed E-state index contributed by atoms with van der Waals surface area (Å²) in [6.45, 7) is 1.89. The molecule has 1 amide bonds. The van der Waals surface area contributed by atoms with E-state index in [4.69, 9.17) is 4.74 Å². The summed E-state index contributed by atoms with van der Waals surface area (Å²) >= 11 is 0. The first-order valence-electron chi connectivity index (χ1n) is 14.2. The van der Waals surface area contributed by atoms with Gasteiger partial charge in [-0.25, -0.2) is 9.37 Å². The number of hydrogen-bond acceptors (Lipinski definition) is 8. The lowest BCUT2D eigenvalue weighted by Gasteiger charge is -2.44. The molecule has 0 atom stereocenters. The highest BCUT2D eigenvalue weighted by molar-refractivity contribution is 7.90. The van der Waals surface area contributed by atoms with Crippen LogP contribution < -0.4 is 14.5 Å². The number of methoxy groups -OCH3 is 1. The fourth-order valence-corrected chi connectivity index (χ4v) is 7.83. The summed E-state index contributed by atoms with van der Waals surface area (Å²) in [6.07, 6.45) is 5.55. The molecule has 11 nitrogen and oxygen atoms in total. The van der Waals surface area contributed by atoms with Crippen molar-refractivity contribution in [1.29, 1.82) is 0 Å². The first-order valence-corrected chi connectivity index (χ1v) is 15.6. The molecule has 3 fully saturated rings. The number of ether oxygens (including phenoxy) is 1. The minimum atomic E-state index is -3.89. The summed E-state index contributed by atoms with van der Waals surface area (Å²) in [5.74, 6) is 0.0495. The molecule has 3 aliphatic heterocycles. The third kappa shape index (κ3) is 4.01. The zero-order valence-corrected chi connectivity index (χ0v) is 24.9. The van der Waals surface area contributed by atoms with Gasteiger partial charge in [-0.15, -0.1) is 0 Å². The van der Waals surface area contributed by atoms with Gasteiger partial charge in [0, 0.05) is 80.7 Å². The highest BCUT2D eigenvalue weighted by atomic mass is 32.2. The van der Waals surface area contributed by atoms with E-state index >= 15 is 4.39 Å². The monoisotopic (exact) mass is 595 g/mol. The van der Waals surface area contributed by atoms with Crippen molar-refractivity contribution in [2.45, 2.75) is 36.8 Å². The summed E-state index contributed by atoms with van der Waals surface area (Å²) in [7, 11) is 3.44. The molecule has 42 heavy (non-hydrogen) atoms. The molecule has 1 spiro atoms. The fraction of sp³-hybridized carbons (Fsp3) is 0.483. The maximum Gasteiger partial charge on any atom is 0.301 e. The summed E-state index contributed by atoms with van der Waals surface area (Å²) in [5, 5.41) is 0.732. The number of fused-ring (bicyclic) bond motifs is 4. The number of hydrogen-bond donors (Lipinski definition) is 1. The number of carbonyl (C=O) groups excluding carboxylic acids is 1. The summed E-state index contributed by atoms with van der Waals surface area (Å²) in [5.41, 5.74) is 2.52. The quantitative estimate of drug-likeness (QED) is 0.444. The van der Waals surface area contributed by atoms with Gasteiger partial charge in [-0.05, 0) is 39.1 Å². The van der Waals surface area contributed by atoms with E-state index in [0.717, 1.165) is 35.9 Å². The van der Waals surface area contributed by atoms with Crippen LogP contribution in [0.4, 0.5) is 21.6 Å². The Morgan fingerprint density at radius 1 is 1.10 bits per heavy atom. The number of likely N-dealkylation sites (N-methyl/N-ethyl adjacent to an activating group) is 2. The second kappa shape index (κ2) is 9.56. The van der Waals surface area contributed by atoms with Gasteiger partial charge in [0.25, 0.3) is 0 Å². The Kier molecular flexibility index (Phi) is 6.25. The number of halogens is 1. The molecule has 1 aliphatic carbocycles. The van der Waals surface area contributed by atoms with Gasteiger partial charge in [0.15, 0.2) is 5.82 Å². The van der Waals surface area contributed by atoms with Crippen molar-refractivity contribution in [3.8, 4) is 11.1 Å². The molecule has 0 radical (unpaired) electrons. The maximum absolute atomic E-state index is 15.7. The smallest absolute Gasteiger partial charge is 0.301 e. The zero-order valence-electron chi connectivity index (χ0n) is 24.1. The SMILES string of the molecule is COC1CN(S(=O)(=O)Nc2cc(-c3cc4c5c(cnc4cc3F)N(C)C(=O)C53CCC3)cnc2N2CC(N(C)C)C2)C1. The average Bonchev–Trinajstić information content (AvgIpc) is 3.09. The average molecular weight is 596 g/mol. The molecule has 0 unspecified atom stereocenters. The fourth-order valence-electron chi connectivity index (χ4n) is 6.55. The molecule has 13 heteroatoms. The van der Waals surface area contributed by atoms with Crippen molar-refractivity contribution in [3.63, 3.8) is 0 Å². The molecule has 3 aromatic rings. The van der Waals surface area contributed by atoms with E-state index in [1.165, 1.54) is 10.4 Å². The van der Waals surface area contributed by atoms with E-state index in [9.17, 15) is 13.2 Å². The Morgan fingerprint density at radius 3 is 2.48 bits per heavy atom. The van der Waals surface area contributed by atoms with Crippen molar-refractivity contribution in [1.82, 2.24) is 19.2 Å². The third-order valence-corrected chi connectivity index (χ3v) is 11.0. The number of nitrogens with one attached hydrogen (secondary N) is 1. The number of anilines is 3. The summed E-state index contributed by atoms with van der Waals surface area (Å²) in [6, 6.07) is 5.09. The van der Waals surface area contributed by atoms with E-state index in [1.54, 1.807) is 43.6 Å². The summed E-state index contributed by atoms with van der Waals surface area (Å²) in [4.78, 5) is 28.2. The Labute approximate surface area is 244 Å². The zero-order chi connectivity index (χ0) is 29.6. The molecule has 1 saturated carbocycles. The minimum absolute atomic E-state index is 0.0546. The number of benzene rings is 1. The molecular weight excluding hydrogens is 561 g/mol. The largest absolute Gasteiger partial charge is 0.379 e. The van der Waals surface area contributed by atoms with Gasteiger partial charge in [-0.1, -0.05) is 6.42 Å². The lowest BCUT2D eigenvalue weighted by Crippen LogP contribution is -2.58. The number of rotatable bonds is 7. The lowest BCUT2D eigenvalue weighted by molar-refractivity contribution is -0.125. The van der Waals surface area contributed by atoms with Gasteiger partial charge in [0.2, 0.25) is 5.91 Å². The second-order valence-corrected chi connectivity index (χ2v) is 13.7. The lowest BCUT2D eigenvalue weighted by atomic mass is 9.64. The van der Waals surface area contributed by atoms with Crippen molar-refractivity contribution >= 4 is 44.2 Å². The standard InChI is InChI=1S/C29H34FN7O4S/c1-34(2)18-13-36(14-18)27-24(33-42(39,40)37-15-19(16-37)41-4)8-17(11-32-27)20-9-21-23(10-22(20)30)31-12-25-26(21)29(6-5-7-29)28(38)35(25)3/h8-12,18-19,33H,5-7,13-16H2,1-4H3. The van der Waals surface area contributed by atoms with E-state index in [-0.39, 0.29) is 36.4 Å². The Bertz CT molecular complexity index is 1720. The highest BCUT2D eigenvalue weighted by Crippen LogP contribution is 2.55. The van der Waals surface area contributed by atoms with Gasteiger partial charge >= 0.3 is 10.2 Å². The molecule has 1 N–H and O–H groups in total. The van der Waals surface area contributed by atoms with Crippen LogP contribution in [0, 0.1) is 5.82 Å². The van der Waals surface area contributed by atoms with E-state index < -0.39 is 21.4 Å². The number of pyridine rings is 2. The molecule has 4 aliphatic rings. The Balaban J connectivity index is 1.31. The predicted octanol–water partition coefficient (Wildman–Crippen LogP) is 2.57. The first kappa shape index (κ1) is 27.4. The van der Waals surface area contributed by atoms with Crippen LogP contribution in [0.1, 0.15) is 24.8 Å². The van der Waals surface area contributed by atoms with Crippen LogP contribution in [0.15, 0.2) is 30.6 Å². The number of aromatic nitrogens is 2. The number of amides is 1. The van der Waals surface area contributed by atoms with Gasteiger partial charge in [0.05, 0.1) is 34.6 Å². The predicted molar refractivity (Wildman–Crippen MR) is 158 cm³/mol.